The average molecular weight is 275 g/mol. The van der Waals surface area contributed by atoms with Crippen LogP contribution in [0.4, 0.5) is 11.6 Å². The first-order valence-electron chi connectivity index (χ1n) is 6.76. The fourth-order valence-electron chi connectivity index (χ4n) is 1.85. The van der Waals surface area contributed by atoms with E-state index in [2.05, 4.69) is 44.8 Å². The Morgan fingerprint density at radius 1 is 1.25 bits per heavy atom. The zero-order valence-electron chi connectivity index (χ0n) is 12.4. The fraction of sp³-hybridized carbons (Fsp3) is 0.538. The molecule has 0 saturated carbocycles. The van der Waals surface area contributed by atoms with Gasteiger partial charge in [0.1, 0.15) is 17.5 Å². The summed E-state index contributed by atoms with van der Waals surface area (Å²) in [5.41, 5.74) is 1.02. The maximum absolute atomic E-state index is 4.59. The lowest BCUT2D eigenvalue weighted by Gasteiger charge is -2.15. The van der Waals surface area contributed by atoms with E-state index in [1.54, 1.807) is 10.9 Å². The summed E-state index contributed by atoms with van der Waals surface area (Å²) >= 11 is 0. The average Bonchev–Trinajstić information content (AvgIpc) is 2.93. The van der Waals surface area contributed by atoms with Crippen molar-refractivity contribution in [2.24, 2.45) is 0 Å². The number of hydrogen-bond donors (Lipinski definition) is 2. The molecule has 2 rings (SSSR count). The van der Waals surface area contributed by atoms with E-state index in [1.165, 1.54) is 0 Å². The standard InChI is InChI=1S/C13H21N7/c1-9(2)11-17-12(14-4)10(3)13(18-11)15-5-7-20-8-6-16-19-20/h6,8-9H,5,7H2,1-4H3,(H2,14,15,17,18). The van der Waals surface area contributed by atoms with Crippen LogP contribution in [-0.2, 0) is 6.54 Å². The van der Waals surface area contributed by atoms with E-state index in [0.29, 0.717) is 5.92 Å². The molecular formula is C13H21N7. The van der Waals surface area contributed by atoms with Gasteiger partial charge in [-0.3, -0.25) is 4.68 Å². The normalized spacial score (nSPS) is 10.8. The van der Waals surface area contributed by atoms with Gasteiger partial charge in [0.25, 0.3) is 0 Å². The second-order valence-electron chi connectivity index (χ2n) is 4.90. The molecule has 0 aromatic carbocycles. The van der Waals surface area contributed by atoms with Gasteiger partial charge in [0, 0.05) is 31.3 Å². The van der Waals surface area contributed by atoms with Crippen molar-refractivity contribution in [2.75, 3.05) is 24.2 Å². The number of nitrogens with one attached hydrogen (secondary N) is 2. The minimum atomic E-state index is 0.290. The highest BCUT2D eigenvalue weighted by Crippen LogP contribution is 2.22. The predicted molar refractivity (Wildman–Crippen MR) is 78.9 cm³/mol. The van der Waals surface area contributed by atoms with Crippen molar-refractivity contribution in [3.05, 3.63) is 23.8 Å². The second-order valence-corrected chi connectivity index (χ2v) is 4.90. The molecule has 0 radical (unpaired) electrons. The van der Waals surface area contributed by atoms with Crippen LogP contribution in [0.3, 0.4) is 0 Å². The first kappa shape index (κ1) is 14.2. The third kappa shape index (κ3) is 3.23. The molecule has 2 aromatic rings. The van der Waals surface area contributed by atoms with Crippen molar-refractivity contribution in [1.29, 1.82) is 0 Å². The minimum Gasteiger partial charge on any atom is -0.373 e. The summed E-state index contributed by atoms with van der Waals surface area (Å²) in [5.74, 6) is 2.86. The van der Waals surface area contributed by atoms with E-state index >= 15 is 0 Å². The summed E-state index contributed by atoms with van der Waals surface area (Å²) < 4.78 is 1.78. The van der Waals surface area contributed by atoms with Crippen LogP contribution < -0.4 is 10.6 Å². The highest BCUT2D eigenvalue weighted by atomic mass is 15.4. The van der Waals surface area contributed by atoms with E-state index in [4.69, 9.17) is 0 Å². The largest absolute Gasteiger partial charge is 0.373 e. The summed E-state index contributed by atoms with van der Waals surface area (Å²) in [7, 11) is 1.87. The van der Waals surface area contributed by atoms with Gasteiger partial charge in [-0.05, 0) is 6.92 Å². The number of anilines is 2. The van der Waals surface area contributed by atoms with E-state index < -0.39 is 0 Å². The molecule has 0 amide bonds. The lowest BCUT2D eigenvalue weighted by Crippen LogP contribution is -2.15. The van der Waals surface area contributed by atoms with Crippen LogP contribution >= 0.6 is 0 Å². The quantitative estimate of drug-likeness (QED) is 0.834. The van der Waals surface area contributed by atoms with Crippen molar-refractivity contribution in [1.82, 2.24) is 25.0 Å². The molecule has 0 atom stereocenters. The Bertz CT molecular complexity index is 548. The lowest BCUT2D eigenvalue weighted by molar-refractivity contribution is 0.607. The van der Waals surface area contributed by atoms with Crippen molar-refractivity contribution in [2.45, 2.75) is 33.2 Å². The Morgan fingerprint density at radius 3 is 2.60 bits per heavy atom. The van der Waals surface area contributed by atoms with Crippen LogP contribution in [0, 0.1) is 6.92 Å². The predicted octanol–water partition coefficient (Wildman–Crippen LogP) is 1.65. The van der Waals surface area contributed by atoms with Gasteiger partial charge < -0.3 is 10.6 Å². The Balaban J connectivity index is 2.11. The van der Waals surface area contributed by atoms with Gasteiger partial charge >= 0.3 is 0 Å². The van der Waals surface area contributed by atoms with Crippen LogP contribution in [0.25, 0.3) is 0 Å². The first-order chi connectivity index (χ1) is 9.61. The molecule has 0 aliphatic carbocycles. The Labute approximate surface area is 118 Å². The molecule has 0 aliphatic heterocycles. The monoisotopic (exact) mass is 275 g/mol. The Kier molecular flexibility index (Phi) is 4.49. The highest BCUT2D eigenvalue weighted by molar-refractivity contribution is 5.57. The van der Waals surface area contributed by atoms with E-state index in [0.717, 1.165) is 36.1 Å². The van der Waals surface area contributed by atoms with Gasteiger partial charge in [0.05, 0.1) is 12.7 Å². The molecule has 7 nitrogen and oxygen atoms in total. The molecule has 2 aromatic heterocycles. The molecular weight excluding hydrogens is 254 g/mol. The smallest absolute Gasteiger partial charge is 0.135 e. The molecule has 0 spiro atoms. The zero-order chi connectivity index (χ0) is 14.5. The van der Waals surface area contributed by atoms with Gasteiger partial charge in [0.15, 0.2) is 0 Å². The summed E-state index contributed by atoms with van der Waals surface area (Å²) in [6.45, 7) is 7.66. The molecule has 0 fully saturated rings. The van der Waals surface area contributed by atoms with Crippen molar-refractivity contribution in [3.63, 3.8) is 0 Å². The third-order valence-electron chi connectivity index (χ3n) is 3.02. The van der Waals surface area contributed by atoms with Gasteiger partial charge in [-0.15, -0.1) is 5.10 Å². The minimum absolute atomic E-state index is 0.290. The second kappa shape index (κ2) is 6.31. The van der Waals surface area contributed by atoms with E-state index in [-0.39, 0.29) is 0 Å². The summed E-state index contributed by atoms with van der Waals surface area (Å²) in [5, 5.41) is 14.2. The topological polar surface area (TPSA) is 80.5 Å². The number of nitrogens with zero attached hydrogens (tertiary/aromatic N) is 5. The molecule has 2 heterocycles. The molecule has 0 saturated heterocycles. The summed E-state index contributed by atoms with van der Waals surface area (Å²) in [6.07, 6.45) is 3.51. The Morgan fingerprint density at radius 2 is 2.00 bits per heavy atom. The van der Waals surface area contributed by atoms with Crippen LogP contribution in [0.2, 0.25) is 0 Å². The van der Waals surface area contributed by atoms with Crippen LogP contribution in [0.5, 0.6) is 0 Å². The zero-order valence-corrected chi connectivity index (χ0v) is 12.4. The Hall–Kier alpha value is -2.18. The molecule has 108 valence electrons. The van der Waals surface area contributed by atoms with Gasteiger partial charge in [0.2, 0.25) is 0 Å². The van der Waals surface area contributed by atoms with E-state index in [1.807, 2.05) is 20.2 Å². The molecule has 2 N–H and O–H groups in total. The third-order valence-corrected chi connectivity index (χ3v) is 3.02. The maximum atomic E-state index is 4.59. The molecule has 0 unspecified atom stereocenters. The van der Waals surface area contributed by atoms with E-state index in [9.17, 15) is 0 Å². The maximum Gasteiger partial charge on any atom is 0.135 e. The number of rotatable bonds is 6. The lowest BCUT2D eigenvalue weighted by atomic mass is 10.2. The van der Waals surface area contributed by atoms with Crippen LogP contribution in [0.15, 0.2) is 12.4 Å². The van der Waals surface area contributed by atoms with Crippen molar-refractivity contribution >= 4 is 11.6 Å². The fourth-order valence-corrected chi connectivity index (χ4v) is 1.85. The highest BCUT2D eigenvalue weighted by Gasteiger charge is 2.11. The summed E-state index contributed by atoms with van der Waals surface area (Å²) in [6, 6.07) is 0. The van der Waals surface area contributed by atoms with Crippen molar-refractivity contribution in [3.8, 4) is 0 Å². The number of aromatic nitrogens is 5. The first-order valence-corrected chi connectivity index (χ1v) is 6.76. The van der Waals surface area contributed by atoms with Crippen LogP contribution in [-0.4, -0.2) is 38.6 Å². The van der Waals surface area contributed by atoms with Crippen molar-refractivity contribution < 1.29 is 0 Å². The number of hydrogen-bond acceptors (Lipinski definition) is 6. The molecule has 0 bridgehead atoms. The molecule has 20 heavy (non-hydrogen) atoms. The van der Waals surface area contributed by atoms with Gasteiger partial charge in [-0.2, -0.15) is 0 Å². The van der Waals surface area contributed by atoms with Gasteiger partial charge in [-0.25, -0.2) is 9.97 Å². The van der Waals surface area contributed by atoms with Gasteiger partial charge in [-0.1, -0.05) is 19.1 Å². The summed E-state index contributed by atoms with van der Waals surface area (Å²) in [4.78, 5) is 9.11. The molecule has 0 aliphatic rings. The molecule has 7 heteroatoms. The van der Waals surface area contributed by atoms with Crippen LogP contribution in [0.1, 0.15) is 31.2 Å². The SMILES string of the molecule is CNc1nc(C(C)C)nc(NCCn2ccnn2)c1C.